The first kappa shape index (κ1) is 14.7. The van der Waals surface area contributed by atoms with Gasteiger partial charge >= 0.3 is 0 Å². The molecule has 110 valence electrons. The van der Waals surface area contributed by atoms with E-state index in [0.717, 1.165) is 4.47 Å². The maximum absolute atomic E-state index is 12.1. The summed E-state index contributed by atoms with van der Waals surface area (Å²) in [5, 5.41) is 7.01. The van der Waals surface area contributed by atoms with Crippen molar-refractivity contribution in [1.82, 2.24) is 19.7 Å². The van der Waals surface area contributed by atoms with Crippen molar-refractivity contribution in [2.75, 3.05) is 5.32 Å². The average molecular weight is 379 g/mol. The van der Waals surface area contributed by atoms with Crippen LogP contribution in [0.25, 0.3) is 5.82 Å². The van der Waals surface area contributed by atoms with Gasteiger partial charge in [-0.1, -0.05) is 11.6 Å². The maximum atomic E-state index is 12.1. The third-order valence-corrected chi connectivity index (χ3v) is 3.51. The zero-order valence-electron chi connectivity index (χ0n) is 11.1. The number of hydrogen-bond acceptors (Lipinski definition) is 4. The summed E-state index contributed by atoms with van der Waals surface area (Å²) in [5.74, 6) is 0.303. The van der Waals surface area contributed by atoms with Crippen LogP contribution in [0, 0.1) is 0 Å². The van der Waals surface area contributed by atoms with E-state index in [4.69, 9.17) is 11.6 Å². The molecule has 0 aliphatic heterocycles. The highest BCUT2D eigenvalue weighted by Gasteiger charge is 2.11. The van der Waals surface area contributed by atoms with Crippen LogP contribution in [0.4, 0.5) is 5.69 Å². The Morgan fingerprint density at radius 2 is 2.09 bits per heavy atom. The van der Waals surface area contributed by atoms with Crippen molar-refractivity contribution in [2.24, 2.45) is 0 Å². The second kappa shape index (κ2) is 6.25. The molecule has 1 amide bonds. The highest BCUT2D eigenvalue weighted by atomic mass is 79.9. The zero-order chi connectivity index (χ0) is 15.5. The number of pyridine rings is 2. The van der Waals surface area contributed by atoms with Crippen LogP contribution >= 0.6 is 27.5 Å². The largest absolute Gasteiger partial charge is 0.320 e. The van der Waals surface area contributed by atoms with Gasteiger partial charge in [-0.3, -0.25) is 4.79 Å². The normalized spacial score (nSPS) is 10.5. The van der Waals surface area contributed by atoms with E-state index in [1.807, 2.05) is 0 Å². The number of nitrogens with one attached hydrogen (secondary N) is 1. The van der Waals surface area contributed by atoms with Crippen LogP contribution < -0.4 is 5.32 Å². The van der Waals surface area contributed by atoms with Crippen LogP contribution in [0.1, 0.15) is 10.4 Å². The fraction of sp³-hybridized carbons (Fsp3) is 0. The molecule has 1 N–H and O–H groups in total. The Morgan fingerprint density at radius 3 is 2.73 bits per heavy atom. The molecule has 0 saturated heterocycles. The SMILES string of the molecule is O=C(Nc1ccc(-n2cc(Br)cn2)nc1)c1cccnc1Cl. The molecular formula is C14H9BrClN5O. The summed E-state index contributed by atoms with van der Waals surface area (Å²) in [7, 11) is 0. The summed E-state index contributed by atoms with van der Waals surface area (Å²) in [6.07, 6.45) is 6.53. The highest BCUT2D eigenvalue weighted by molar-refractivity contribution is 9.10. The number of rotatable bonds is 3. The van der Waals surface area contributed by atoms with Crippen LogP contribution in [-0.4, -0.2) is 25.7 Å². The Kier molecular flexibility index (Phi) is 4.17. The summed E-state index contributed by atoms with van der Waals surface area (Å²) in [6.45, 7) is 0. The Morgan fingerprint density at radius 1 is 1.23 bits per heavy atom. The van der Waals surface area contributed by atoms with E-state index in [-0.39, 0.29) is 11.1 Å². The molecule has 0 saturated carbocycles. The van der Waals surface area contributed by atoms with Gasteiger partial charge in [0.2, 0.25) is 0 Å². The van der Waals surface area contributed by atoms with Gasteiger partial charge in [-0.15, -0.1) is 0 Å². The highest BCUT2D eigenvalue weighted by Crippen LogP contribution is 2.16. The molecule has 0 atom stereocenters. The van der Waals surface area contributed by atoms with Gasteiger partial charge in [-0.2, -0.15) is 5.10 Å². The maximum Gasteiger partial charge on any atom is 0.258 e. The third-order valence-electron chi connectivity index (χ3n) is 2.80. The molecule has 0 unspecified atom stereocenters. The molecular weight excluding hydrogens is 370 g/mol. The first-order chi connectivity index (χ1) is 10.6. The van der Waals surface area contributed by atoms with E-state index in [0.29, 0.717) is 17.1 Å². The molecule has 3 heterocycles. The van der Waals surface area contributed by atoms with Crippen molar-refractivity contribution in [2.45, 2.75) is 0 Å². The predicted molar refractivity (Wildman–Crippen MR) is 86.3 cm³/mol. The Hall–Kier alpha value is -2.25. The number of amides is 1. The fourth-order valence-electron chi connectivity index (χ4n) is 1.78. The van der Waals surface area contributed by atoms with Crippen LogP contribution in [0.2, 0.25) is 5.15 Å². The smallest absolute Gasteiger partial charge is 0.258 e. The molecule has 0 radical (unpaired) electrons. The van der Waals surface area contributed by atoms with Crippen molar-refractivity contribution >= 4 is 39.1 Å². The van der Waals surface area contributed by atoms with Gasteiger partial charge in [0.15, 0.2) is 5.82 Å². The van der Waals surface area contributed by atoms with Crippen LogP contribution in [0.15, 0.2) is 53.5 Å². The number of nitrogens with zero attached hydrogens (tertiary/aromatic N) is 4. The van der Waals surface area contributed by atoms with E-state index >= 15 is 0 Å². The summed E-state index contributed by atoms with van der Waals surface area (Å²) in [5.41, 5.74) is 0.865. The van der Waals surface area contributed by atoms with Gasteiger partial charge in [0.1, 0.15) is 5.15 Å². The minimum atomic E-state index is -0.338. The van der Waals surface area contributed by atoms with Crippen molar-refractivity contribution in [3.05, 3.63) is 64.2 Å². The number of halogens is 2. The van der Waals surface area contributed by atoms with Gasteiger partial charge in [0.05, 0.1) is 28.1 Å². The molecule has 22 heavy (non-hydrogen) atoms. The van der Waals surface area contributed by atoms with Gasteiger partial charge in [-0.25, -0.2) is 14.6 Å². The number of carbonyl (C=O) groups excluding carboxylic acids is 1. The molecule has 0 aliphatic rings. The van der Waals surface area contributed by atoms with Crippen molar-refractivity contribution in [3.63, 3.8) is 0 Å². The lowest BCUT2D eigenvalue weighted by molar-refractivity contribution is 0.102. The molecule has 0 aliphatic carbocycles. The molecule has 3 aromatic rings. The third kappa shape index (κ3) is 3.15. The Labute approximate surface area is 139 Å². The molecule has 6 nitrogen and oxygen atoms in total. The quantitative estimate of drug-likeness (QED) is 0.710. The number of anilines is 1. The Balaban J connectivity index is 1.76. The monoisotopic (exact) mass is 377 g/mol. The zero-order valence-corrected chi connectivity index (χ0v) is 13.4. The molecule has 8 heteroatoms. The van der Waals surface area contributed by atoms with E-state index < -0.39 is 0 Å². The lowest BCUT2D eigenvalue weighted by atomic mass is 10.2. The summed E-state index contributed by atoms with van der Waals surface area (Å²) in [6, 6.07) is 6.74. The van der Waals surface area contributed by atoms with Crippen LogP contribution in [-0.2, 0) is 0 Å². The van der Waals surface area contributed by atoms with Crippen molar-refractivity contribution in [1.29, 1.82) is 0 Å². The molecule has 0 spiro atoms. The standard InChI is InChI=1S/C14H9BrClN5O/c15-9-6-19-21(8-9)12-4-3-10(7-18-12)20-14(22)11-2-1-5-17-13(11)16/h1-8H,(H,20,22). The fourth-order valence-corrected chi connectivity index (χ4v) is 2.27. The van der Waals surface area contributed by atoms with Gasteiger partial charge in [0, 0.05) is 12.4 Å². The second-order valence-corrected chi connectivity index (χ2v) is 5.58. The first-order valence-electron chi connectivity index (χ1n) is 6.22. The topological polar surface area (TPSA) is 72.7 Å². The minimum Gasteiger partial charge on any atom is -0.320 e. The number of hydrogen-bond donors (Lipinski definition) is 1. The average Bonchev–Trinajstić information content (AvgIpc) is 2.95. The molecule has 3 aromatic heterocycles. The van der Waals surface area contributed by atoms with E-state index in [9.17, 15) is 4.79 Å². The van der Waals surface area contributed by atoms with Crippen LogP contribution in [0.3, 0.4) is 0 Å². The van der Waals surface area contributed by atoms with Crippen molar-refractivity contribution < 1.29 is 4.79 Å². The first-order valence-corrected chi connectivity index (χ1v) is 7.39. The summed E-state index contributed by atoms with van der Waals surface area (Å²) in [4.78, 5) is 20.2. The molecule has 0 fully saturated rings. The van der Waals surface area contributed by atoms with Gasteiger partial charge in [0.25, 0.3) is 5.91 Å². The van der Waals surface area contributed by atoms with Gasteiger partial charge < -0.3 is 5.32 Å². The number of carbonyl (C=O) groups is 1. The molecule has 0 aromatic carbocycles. The van der Waals surface area contributed by atoms with E-state index in [1.165, 1.54) is 6.20 Å². The molecule has 3 rings (SSSR count). The van der Waals surface area contributed by atoms with E-state index in [2.05, 4.69) is 36.3 Å². The van der Waals surface area contributed by atoms with Crippen LogP contribution in [0.5, 0.6) is 0 Å². The van der Waals surface area contributed by atoms with Crippen molar-refractivity contribution in [3.8, 4) is 5.82 Å². The summed E-state index contributed by atoms with van der Waals surface area (Å²) < 4.78 is 2.48. The lowest BCUT2D eigenvalue weighted by Crippen LogP contribution is -2.13. The lowest BCUT2D eigenvalue weighted by Gasteiger charge is -2.06. The minimum absolute atomic E-state index is 0.158. The number of aromatic nitrogens is 4. The van der Waals surface area contributed by atoms with E-state index in [1.54, 1.807) is 47.5 Å². The predicted octanol–water partition coefficient (Wildman–Crippen LogP) is 3.33. The van der Waals surface area contributed by atoms with Gasteiger partial charge in [-0.05, 0) is 40.2 Å². The molecule has 0 bridgehead atoms. The second-order valence-electron chi connectivity index (χ2n) is 4.30. The summed E-state index contributed by atoms with van der Waals surface area (Å²) >= 11 is 9.21. The Bertz CT molecular complexity index is 818.